The zero-order valence-electron chi connectivity index (χ0n) is 10.6. The van der Waals surface area contributed by atoms with Gasteiger partial charge in [0.15, 0.2) is 9.79 Å². The highest BCUT2D eigenvalue weighted by Crippen LogP contribution is 2.35. The lowest BCUT2D eigenvalue weighted by Gasteiger charge is -2.13. The van der Waals surface area contributed by atoms with Crippen molar-refractivity contribution in [1.82, 2.24) is 0 Å². The van der Waals surface area contributed by atoms with Gasteiger partial charge in [-0.15, -0.1) is 0 Å². The van der Waals surface area contributed by atoms with Crippen molar-refractivity contribution in [2.45, 2.75) is 40.7 Å². The summed E-state index contributed by atoms with van der Waals surface area (Å²) in [6, 6.07) is 22.1. The van der Waals surface area contributed by atoms with Crippen LogP contribution >= 0.6 is 0 Å². The highest BCUT2D eigenvalue weighted by molar-refractivity contribution is 7.97. The normalized spacial score (nSPS) is 16.3. The van der Waals surface area contributed by atoms with Gasteiger partial charge in [0.25, 0.3) is 0 Å². The molecule has 1 saturated carbocycles. The summed E-state index contributed by atoms with van der Waals surface area (Å²) in [6.45, 7) is 0. The molecule has 0 atom stereocenters. The summed E-state index contributed by atoms with van der Waals surface area (Å²) in [5.74, 6) is 0. The second kappa shape index (κ2) is 5.62. The van der Waals surface area contributed by atoms with Crippen LogP contribution in [0, 0.1) is 0 Å². The topological polar surface area (TPSA) is 0 Å². The average Bonchev–Trinajstić information content (AvgIpc) is 2.95. The second-order valence-corrected chi connectivity index (χ2v) is 7.16. The van der Waals surface area contributed by atoms with Crippen LogP contribution in [-0.2, 0) is 10.9 Å². The highest BCUT2D eigenvalue weighted by atomic mass is 32.2. The van der Waals surface area contributed by atoms with Crippen molar-refractivity contribution in [2.75, 3.05) is 0 Å². The van der Waals surface area contributed by atoms with Crippen molar-refractivity contribution in [3.05, 3.63) is 60.7 Å². The minimum Gasteiger partial charge on any atom is -0.0619 e. The summed E-state index contributed by atoms with van der Waals surface area (Å²) >= 11 is 0. The summed E-state index contributed by atoms with van der Waals surface area (Å²) in [5.41, 5.74) is 0. The molecule has 0 N–H and O–H groups in total. The van der Waals surface area contributed by atoms with Crippen LogP contribution in [0.25, 0.3) is 0 Å². The molecule has 1 aliphatic carbocycles. The minimum atomic E-state index is 0.273. The molecule has 0 unspecified atom stereocenters. The van der Waals surface area contributed by atoms with Gasteiger partial charge in [-0.3, -0.25) is 0 Å². The molecule has 2 aromatic rings. The Kier molecular flexibility index (Phi) is 3.70. The van der Waals surface area contributed by atoms with Gasteiger partial charge in [0, 0.05) is 0 Å². The Hall–Kier alpha value is -1.21. The Bertz CT molecular complexity index is 432. The first kappa shape index (κ1) is 11.9. The van der Waals surface area contributed by atoms with Crippen LogP contribution in [0.3, 0.4) is 0 Å². The van der Waals surface area contributed by atoms with E-state index in [2.05, 4.69) is 60.7 Å². The van der Waals surface area contributed by atoms with E-state index in [-0.39, 0.29) is 10.9 Å². The Balaban J connectivity index is 1.98. The Morgan fingerprint density at radius 3 is 1.56 bits per heavy atom. The zero-order chi connectivity index (χ0) is 12.2. The van der Waals surface area contributed by atoms with Gasteiger partial charge in [-0.2, -0.15) is 0 Å². The lowest BCUT2D eigenvalue weighted by atomic mass is 10.3. The fourth-order valence-electron chi connectivity index (χ4n) is 2.78. The van der Waals surface area contributed by atoms with Gasteiger partial charge < -0.3 is 0 Å². The number of benzene rings is 2. The summed E-state index contributed by atoms with van der Waals surface area (Å²) < 4.78 is 0. The van der Waals surface area contributed by atoms with E-state index in [1.807, 2.05) is 0 Å². The summed E-state index contributed by atoms with van der Waals surface area (Å²) in [5, 5.41) is 0.856. The lowest BCUT2D eigenvalue weighted by Crippen LogP contribution is -2.18. The molecule has 3 rings (SSSR count). The van der Waals surface area contributed by atoms with E-state index in [0.29, 0.717) is 0 Å². The Labute approximate surface area is 112 Å². The molecule has 1 aliphatic rings. The molecule has 0 saturated heterocycles. The number of hydrogen-bond donors (Lipinski definition) is 0. The van der Waals surface area contributed by atoms with Crippen LogP contribution < -0.4 is 0 Å². The van der Waals surface area contributed by atoms with Gasteiger partial charge in [-0.25, -0.2) is 0 Å². The molecule has 0 nitrogen and oxygen atoms in total. The molecule has 92 valence electrons. The van der Waals surface area contributed by atoms with Crippen molar-refractivity contribution >= 4 is 10.9 Å². The van der Waals surface area contributed by atoms with Crippen molar-refractivity contribution in [2.24, 2.45) is 0 Å². The molecule has 0 spiro atoms. The Morgan fingerprint density at radius 1 is 0.667 bits per heavy atom. The van der Waals surface area contributed by atoms with Crippen LogP contribution in [-0.4, -0.2) is 5.25 Å². The quantitative estimate of drug-likeness (QED) is 0.699. The largest absolute Gasteiger partial charge is 0.160 e. The van der Waals surface area contributed by atoms with E-state index in [9.17, 15) is 0 Å². The van der Waals surface area contributed by atoms with Crippen molar-refractivity contribution in [1.29, 1.82) is 0 Å². The maximum atomic E-state index is 2.30. The number of hydrogen-bond acceptors (Lipinski definition) is 0. The van der Waals surface area contributed by atoms with Crippen LogP contribution in [0.1, 0.15) is 25.7 Å². The van der Waals surface area contributed by atoms with Crippen LogP contribution in [0.15, 0.2) is 70.5 Å². The van der Waals surface area contributed by atoms with Crippen molar-refractivity contribution < 1.29 is 0 Å². The zero-order valence-corrected chi connectivity index (χ0v) is 11.4. The Morgan fingerprint density at radius 2 is 1.11 bits per heavy atom. The average molecular weight is 255 g/mol. The van der Waals surface area contributed by atoms with E-state index < -0.39 is 0 Å². The standard InChI is InChI=1S/C17H19S/c1-3-9-15(10-4-1)18(17-13-7-8-14-17)16-11-5-2-6-12-16/h1-6,9-12,17H,7-8,13-14H2/q+1. The second-order valence-electron chi connectivity index (χ2n) is 4.87. The summed E-state index contributed by atoms with van der Waals surface area (Å²) in [7, 11) is 0.273. The maximum absolute atomic E-state index is 2.30. The molecular formula is C17H19S+. The first-order chi connectivity index (χ1) is 8.95. The van der Waals surface area contributed by atoms with Crippen LogP contribution in [0.4, 0.5) is 0 Å². The first-order valence-electron chi connectivity index (χ1n) is 6.78. The third kappa shape index (κ3) is 2.46. The smallest absolute Gasteiger partial charge is 0.0619 e. The highest BCUT2D eigenvalue weighted by Gasteiger charge is 2.36. The lowest BCUT2D eigenvalue weighted by molar-refractivity contribution is 0.886. The molecule has 0 aliphatic heterocycles. The van der Waals surface area contributed by atoms with E-state index in [1.54, 1.807) is 0 Å². The summed E-state index contributed by atoms with van der Waals surface area (Å²) in [6.07, 6.45) is 5.61. The third-order valence-electron chi connectivity index (χ3n) is 3.63. The van der Waals surface area contributed by atoms with E-state index in [0.717, 1.165) is 5.25 Å². The first-order valence-corrected chi connectivity index (χ1v) is 8.07. The van der Waals surface area contributed by atoms with Gasteiger partial charge in [-0.1, -0.05) is 36.4 Å². The fourth-order valence-corrected chi connectivity index (χ4v) is 5.53. The SMILES string of the molecule is c1ccc([S+](c2ccccc2)C2CCCC2)cc1. The molecule has 1 heteroatoms. The van der Waals surface area contributed by atoms with Crippen molar-refractivity contribution in [3.8, 4) is 0 Å². The van der Waals surface area contributed by atoms with Gasteiger partial charge in [0.2, 0.25) is 0 Å². The molecule has 18 heavy (non-hydrogen) atoms. The predicted octanol–water partition coefficient (Wildman–Crippen LogP) is 4.67. The molecule has 0 amide bonds. The monoisotopic (exact) mass is 255 g/mol. The molecular weight excluding hydrogens is 236 g/mol. The summed E-state index contributed by atoms with van der Waals surface area (Å²) in [4.78, 5) is 3.02. The molecule has 0 aromatic heterocycles. The molecule has 1 fully saturated rings. The predicted molar refractivity (Wildman–Crippen MR) is 79.0 cm³/mol. The van der Waals surface area contributed by atoms with Gasteiger partial charge >= 0.3 is 0 Å². The van der Waals surface area contributed by atoms with Gasteiger partial charge in [-0.05, 0) is 49.9 Å². The fraction of sp³-hybridized carbons (Fsp3) is 0.294. The van der Waals surface area contributed by atoms with E-state index in [4.69, 9.17) is 0 Å². The third-order valence-corrected chi connectivity index (χ3v) is 6.33. The van der Waals surface area contributed by atoms with E-state index >= 15 is 0 Å². The molecule has 0 radical (unpaired) electrons. The molecule has 0 heterocycles. The van der Waals surface area contributed by atoms with Crippen molar-refractivity contribution in [3.63, 3.8) is 0 Å². The van der Waals surface area contributed by atoms with Gasteiger partial charge in [0.05, 0.1) is 10.9 Å². The van der Waals surface area contributed by atoms with E-state index in [1.165, 1.54) is 35.5 Å². The van der Waals surface area contributed by atoms with Crippen LogP contribution in [0.2, 0.25) is 0 Å². The maximum Gasteiger partial charge on any atom is 0.160 e. The molecule has 0 bridgehead atoms. The number of rotatable bonds is 3. The van der Waals surface area contributed by atoms with Gasteiger partial charge in [0.1, 0.15) is 5.25 Å². The minimum absolute atomic E-state index is 0.273. The van der Waals surface area contributed by atoms with Crippen LogP contribution in [0.5, 0.6) is 0 Å². The molecule has 2 aromatic carbocycles.